The lowest BCUT2D eigenvalue weighted by atomic mass is 10.1. The Morgan fingerprint density at radius 2 is 2.11 bits per heavy atom. The second kappa shape index (κ2) is 6.43. The summed E-state index contributed by atoms with van der Waals surface area (Å²) in [4.78, 5) is 11.8. The third-order valence-electron chi connectivity index (χ3n) is 2.95. The van der Waals surface area contributed by atoms with Crippen LogP contribution in [-0.2, 0) is 9.53 Å². The van der Waals surface area contributed by atoms with Crippen molar-refractivity contribution in [2.75, 3.05) is 26.9 Å². The first-order chi connectivity index (χ1) is 9.26. The number of likely N-dealkylation sites (N-methyl/N-ethyl adjacent to an activating group) is 1. The van der Waals surface area contributed by atoms with Gasteiger partial charge in [0.15, 0.2) is 11.5 Å². The van der Waals surface area contributed by atoms with E-state index in [0.717, 1.165) is 17.7 Å². The summed E-state index contributed by atoms with van der Waals surface area (Å²) >= 11 is 0. The maximum Gasteiger partial charge on any atom is 0.327 e. The Hall–Kier alpha value is -1.75. The fraction of sp³-hybridized carbons (Fsp3) is 0.500. The first kappa shape index (κ1) is 13.7. The van der Waals surface area contributed by atoms with Gasteiger partial charge in [-0.25, -0.2) is 4.79 Å². The van der Waals surface area contributed by atoms with Crippen molar-refractivity contribution in [3.8, 4) is 11.5 Å². The Morgan fingerprint density at radius 1 is 1.37 bits per heavy atom. The zero-order valence-corrected chi connectivity index (χ0v) is 11.3. The molecule has 0 radical (unpaired) electrons. The van der Waals surface area contributed by atoms with E-state index in [1.807, 2.05) is 25.1 Å². The number of benzene rings is 1. The molecule has 1 N–H and O–H groups in total. The van der Waals surface area contributed by atoms with E-state index in [2.05, 4.69) is 5.32 Å². The van der Waals surface area contributed by atoms with Crippen LogP contribution in [0.25, 0.3) is 0 Å². The van der Waals surface area contributed by atoms with Crippen LogP contribution in [0.4, 0.5) is 0 Å². The van der Waals surface area contributed by atoms with Crippen molar-refractivity contribution < 1.29 is 19.0 Å². The first-order valence-electron chi connectivity index (χ1n) is 6.47. The van der Waals surface area contributed by atoms with Crippen LogP contribution in [0.5, 0.6) is 11.5 Å². The molecule has 0 bridgehead atoms. The molecule has 1 aromatic carbocycles. The molecule has 0 saturated carbocycles. The molecule has 5 nitrogen and oxygen atoms in total. The van der Waals surface area contributed by atoms with Crippen molar-refractivity contribution in [1.82, 2.24) is 5.32 Å². The largest absolute Gasteiger partial charge is 0.490 e. The summed E-state index contributed by atoms with van der Waals surface area (Å²) in [6.45, 7) is 3.90. The van der Waals surface area contributed by atoms with Gasteiger partial charge in [0.25, 0.3) is 0 Å². The van der Waals surface area contributed by atoms with Gasteiger partial charge in [0.05, 0.1) is 20.3 Å². The smallest absolute Gasteiger partial charge is 0.327 e. The number of rotatable bonds is 4. The third-order valence-corrected chi connectivity index (χ3v) is 2.95. The number of esters is 1. The predicted molar refractivity (Wildman–Crippen MR) is 70.5 cm³/mol. The Labute approximate surface area is 112 Å². The predicted octanol–water partition coefficient (Wildman–Crippen LogP) is 1.67. The molecule has 19 heavy (non-hydrogen) atoms. The number of carbonyl (C=O) groups is 1. The van der Waals surface area contributed by atoms with Gasteiger partial charge in [-0.2, -0.15) is 0 Å². The molecule has 0 saturated heterocycles. The molecule has 1 aromatic rings. The van der Waals surface area contributed by atoms with Crippen LogP contribution in [0.2, 0.25) is 0 Å². The molecule has 1 atom stereocenters. The van der Waals surface area contributed by atoms with E-state index < -0.39 is 6.04 Å². The van der Waals surface area contributed by atoms with Crippen LogP contribution < -0.4 is 14.8 Å². The quantitative estimate of drug-likeness (QED) is 0.839. The highest BCUT2D eigenvalue weighted by atomic mass is 16.5. The molecule has 0 aromatic heterocycles. The zero-order valence-electron chi connectivity index (χ0n) is 11.3. The number of hydrogen-bond acceptors (Lipinski definition) is 5. The van der Waals surface area contributed by atoms with Gasteiger partial charge in [0, 0.05) is 6.42 Å². The first-order valence-corrected chi connectivity index (χ1v) is 6.47. The van der Waals surface area contributed by atoms with E-state index in [1.54, 1.807) is 0 Å². The number of fused-ring (bicyclic) bond motifs is 1. The summed E-state index contributed by atoms with van der Waals surface area (Å²) in [5, 5.41) is 3.10. The van der Waals surface area contributed by atoms with Gasteiger partial charge in [-0.05, 0) is 24.2 Å². The van der Waals surface area contributed by atoms with Crippen LogP contribution in [0.1, 0.15) is 24.9 Å². The van der Waals surface area contributed by atoms with Gasteiger partial charge < -0.3 is 19.5 Å². The maximum absolute atomic E-state index is 11.8. The Bertz CT molecular complexity index is 447. The highest BCUT2D eigenvalue weighted by Gasteiger charge is 2.22. The summed E-state index contributed by atoms with van der Waals surface area (Å²) in [7, 11) is 1.38. The molecule has 1 aliphatic rings. The van der Waals surface area contributed by atoms with Gasteiger partial charge in [-0.3, -0.25) is 0 Å². The van der Waals surface area contributed by atoms with Crippen LogP contribution in [0.3, 0.4) is 0 Å². The van der Waals surface area contributed by atoms with Crippen LogP contribution in [0.15, 0.2) is 18.2 Å². The lowest BCUT2D eigenvalue weighted by Crippen LogP contribution is -2.29. The Morgan fingerprint density at radius 3 is 2.79 bits per heavy atom. The fourth-order valence-corrected chi connectivity index (χ4v) is 2.02. The van der Waals surface area contributed by atoms with Crippen LogP contribution in [-0.4, -0.2) is 32.8 Å². The van der Waals surface area contributed by atoms with E-state index in [9.17, 15) is 4.79 Å². The molecule has 104 valence electrons. The van der Waals surface area contributed by atoms with Crippen molar-refractivity contribution in [3.63, 3.8) is 0 Å². The lowest BCUT2D eigenvalue weighted by Gasteiger charge is -2.17. The highest BCUT2D eigenvalue weighted by molar-refractivity contribution is 5.77. The monoisotopic (exact) mass is 265 g/mol. The molecule has 0 aliphatic carbocycles. The maximum atomic E-state index is 11.8. The summed E-state index contributed by atoms with van der Waals surface area (Å²) in [6.07, 6.45) is 0.859. The summed E-state index contributed by atoms with van der Waals surface area (Å²) in [5.74, 6) is 1.10. The standard InChI is InChI=1S/C14H19NO4/c1-3-15-13(14(16)17-2)10-5-6-11-12(9-10)19-8-4-7-18-11/h5-6,9,13,15H,3-4,7-8H2,1-2H3. The average Bonchev–Trinajstić information content (AvgIpc) is 2.68. The van der Waals surface area contributed by atoms with Gasteiger partial charge in [0.2, 0.25) is 0 Å². The minimum absolute atomic E-state index is 0.309. The van der Waals surface area contributed by atoms with Gasteiger partial charge in [0.1, 0.15) is 6.04 Å². The summed E-state index contributed by atoms with van der Waals surface area (Å²) < 4.78 is 16.0. The molecule has 1 heterocycles. The van der Waals surface area contributed by atoms with E-state index >= 15 is 0 Å². The molecule has 0 fully saturated rings. The van der Waals surface area contributed by atoms with E-state index in [0.29, 0.717) is 25.5 Å². The Kier molecular flexibility index (Phi) is 4.63. The molecule has 2 rings (SSSR count). The number of hydrogen-bond donors (Lipinski definition) is 1. The SMILES string of the molecule is CCNC(C(=O)OC)c1ccc2c(c1)OCCCO2. The minimum Gasteiger partial charge on any atom is -0.490 e. The van der Waals surface area contributed by atoms with Crippen LogP contribution in [0, 0.1) is 0 Å². The van der Waals surface area contributed by atoms with E-state index in [-0.39, 0.29) is 5.97 Å². The van der Waals surface area contributed by atoms with Crippen molar-refractivity contribution >= 4 is 5.97 Å². The lowest BCUT2D eigenvalue weighted by molar-refractivity contribution is -0.143. The number of ether oxygens (including phenoxy) is 3. The zero-order chi connectivity index (χ0) is 13.7. The van der Waals surface area contributed by atoms with Gasteiger partial charge in [-0.1, -0.05) is 13.0 Å². The molecule has 1 unspecified atom stereocenters. The molecular formula is C14H19NO4. The van der Waals surface area contributed by atoms with Crippen molar-refractivity contribution in [2.45, 2.75) is 19.4 Å². The van der Waals surface area contributed by atoms with Crippen molar-refractivity contribution in [3.05, 3.63) is 23.8 Å². The normalized spacial score (nSPS) is 15.5. The third kappa shape index (κ3) is 3.17. The second-order valence-corrected chi connectivity index (χ2v) is 4.27. The molecule has 5 heteroatoms. The van der Waals surface area contributed by atoms with Crippen molar-refractivity contribution in [2.24, 2.45) is 0 Å². The van der Waals surface area contributed by atoms with Crippen LogP contribution >= 0.6 is 0 Å². The topological polar surface area (TPSA) is 56.8 Å². The summed E-state index contributed by atoms with van der Waals surface area (Å²) in [6, 6.07) is 5.05. The average molecular weight is 265 g/mol. The number of carbonyl (C=O) groups excluding carboxylic acids is 1. The molecular weight excluding hydrogens is 246 g/mol. The number of methoxy groups -OCH3 is 1. The molecule has 1 aliphatic heterocycles. The van der Waals surface area contributed by atoms with Gasteiger partial charge in [-0.15, -0.1) is 0 Å². The minimum atomic E-state index is -0.479. The molecule has 0 spiro atoms. The highest BCUT2D eigenvalue weighted by Crippen LogP contribution is 2.32. The molecule has 0 amide bonds. The fourth-order valence-electron chi connectivity index (χ4n) is 2.02. The van der Waals surface area contributed by atoms with E-state index in [4.69, 9.17) is 14.2 Å². The second-order valence-electron chi connectivity index (χ2n) is 4.27. The van der Waals surface area contributed by atoms with E-state index in [1.165, 1.54) is 7.11 Å². The van der Waals surface area contributed by atoms with Crippen molar-refractivity contribution in [1.29, 1.82) is 0 Å². The van der Waals surface area contributed by atoms with Gasteiger partial charge >= 0.3 is 5.97 Å². The summed E-state index contributed by atoms with van der Waals surface area (Å²) in [5.41, 5.74) is 0.818. The number of nitrogens with one attached hydrogen (secondary N) is 1. The Balaban J connectivity index is 2.27.